The summed E-state index contributed by atoms with van der Waals surface area (Å²) < 4.78 is 28.2. The first kappa shape index (κ1) is 16.7. The molecule has 134 valence electrons. The van der Waals surface area contributed by atoms with Crippen molar-refractivity contribution in [2.45, 2.75) is 62.3 Å². The van der Waals surface area contributed by atoms with Crippen molar-refractivity contribution in [3.05, 3.63) is 35.6 Å². The van der Waals surface area contributed by atoms with Gasteiger partial charge < -0.3 is 4.52 Å². The molecular weight excluding hydrogens is 340 g/mol. The van der Waals surface area contributed by atoms with Gasteiger partial charge in [-0.1, -0.05) is 37.9 Å². The van der Waals surface area contributed by atoms with Crippen LogP contribution in [0.25, 0.3) is 0 Å². The van der Waals surface area contributed by atoms with E-state index in [-0.39, 0.29) is 22.3 Å². The number of pyridine rings is 1. The highest BCUT2D eigenvalue weighted by molar-refractivity contribution is 7.89. The third-order valence-electron chi connectivity index (χ3n) is 5.68. The van der Waals surface area contributed by atoms with Gasteiger partial charge in [0.15, 0.2) is 10.9 Å². The van der Waals surface area contributed by atoms with Crippen molar-refractivity contribution in [3.63, 3.8) is 0 Å². The smallest absolute Gasteiger partial charge is 0.255 e. The highest BCUT2D eigenvalue weighted by Gasteiger charge is 2.61. The van der Waals surface area contributed by atoms with Crippen LogP contribution in [-0.2, 0) is 10.0 Å². The molecule has 4 rings (SSSR count). The van der Waals surface area contributed by atoms with Crippen LogP contribution in [0.15, 0.2) is 27.9 Å². The minimum absolute atomic E-state index is 0.0262. The van der Waals surface area contributed by atoms with Gasteiger partial charge in [-0.15, -0.1) is 0 Å². The monoisotopic (exact) mass is 362 g/mol. The van der Waals surface area contributed by atoms with Gasteiger partial charge in [-0.25, -0.2) is 18.5 Å². The van der Waals surface area contributed by atoms with Gasteiger partial charge in [0, 0.05) is 24.0 Å². The molecule has 2 saturated carbocycles. The van der Waals surface area contributed by atoms with Gasteiger partial charge in [0.25, 0.3) is 10.0 Å². The van der Waals surface area contributed by atoms with Crippen LogP contribution in [0, 0.1) is 5.41 Å². The maximum Gasteiger partial charge on any atom is 0.255 e. The van der Waals surface area contributed by atoms with Crippen LogP contribution in [0.5, 0.6) is 0 Å². The Morgan fingerprint density at radius 3 is 2.52 bits per heavy atom. The van der Waals surface area contributed by atoms with E-state index in [9.17, 15) is 8.42 Å². The minimum Gasteiger partial charge on any atom is -0.339 e. The molecule has 2 heterocycles. The number of hydrogen-bond acceptors (Lipinski definition) is 6. The van der Waals surface area contributed by atoms with E-state index in [1.807, 2.05) is 0 Å². The lowest BCUT2D eigenvalue weighted by atomic mass is 10.1. The average Bonchev–Trinajstić information content (AvgIpc) is 3.03. The van der Waals surface area contributed by atoms with Crippen LogP contribution in [0.1, 0.15) is 74.6 Å². The Bertz CT molecular complexity index is 883. The molecule has 0 spiro atoms. The van der Waals surface area contributed by atoms with E-state index in [1.54, 1.807) is 12.3 Å². The number of nitrogens with zero attached hydrogens (tertiary/aromatic N) is 3. The first-order valence-electron chi connectivity index (χ1n) is 8.61. The first-order valence-corrected chi connectivity index (χ1v) is 10.2. The third kappa shape index (κ3) is 2.87. The van der Waals surface area contributed by atoms with Crippen molar-refractivity contribution in [1.29, 1.82) is 0 Å². The summed E-state index contributed by atoms with van der Waals surface area (Å²) in [5, 5.41) is 9.22. The molecule has 7 nitrogen and oxygen atoms in total. The average molecular weight is 362 g/mol. The number of sulfonamides is 1. The molecule has 0 saturated heterocycles. The molecule has 0 aromatic carbocycles. The van der Waals surface area contributed by atoms with Crippen molar-refractivity contribution in [2.24, 2.45) is 10.6 Å². The Morgan fingerprint density at radius 2 is 1.92 bits per heavy atom. The molecule has 2 aromatic rings. The molecule has 2 fully saturated rings. The summed E-state index contributed by atoms with van der Waals surface area (Å²) >= 11 is 0. The number of primary sulfonamides is 1. The summed E-state index contributed by atoms with van der Waals surface area (Å²) in [6, 6.07) is 3.23. The van der Waals surface area contributed by atoms with Crippen molar-refractivity contribution in [1.82, 2.24) is 15.1 Å². The molecule has 0 bridgehead atoms. The van der Waals surface area contributed by atoms with Crippen molar-refractivity contribution in [3.8, 4) is 0 Å². The van der Waals surface area contributed by atoms with Gasteiger partial charge in [0.2, 0.25) is 5.89 Å². The molecule has 2 atom stereocenters. The van der Waals surface area contributed by atoms with Crippen molar-refractivity contribution < 1.29 is 12.9 Å². The van der Waals surface area contributed by atoms with Crippen LogP contribution in [0.3, 0.4) is 0 Å². The van der Waals surface area contributed by atoms with Crippen molar-refractivity contribution >= 4 is 10.0 Å². The van der Waals surface area contributed by atoms with Crippen LogP contribution in [0.2, 0.25) is 0 Å². The second kappa shape index (κ2) is 5.60. The fourth-order valence-corrected chi connectivity index (χ4v) is 4.66. The predicted octanol–water partition coefficient (Wildman–Crippen LogP) is 2.68. The molecule has 0 aliphatic heterocycles. The second-order valence-corrected chi connectivity index (χ2v) is 9.23. The highest BCUT2D eigenvalue weighted by Crippen LogP contribution is 2.69. The summed E-state index contributed by atoms with van der Waals surface area (Å²) in [5.74, 6) is 2.23. The maximum atomic E-state index is 11.4. The second-order valence-electron chi connectivity index (χ2n) is 7.72. The maximum absolute atomic E-state index is 11.4. The Morgan fingerprint density at radius 1 is 1.20 bits per heavy atom. The highest BCUT2D eigenvalue weighted by atomic mass is 32.2. The molecule has 0 amide bonds. The normalized spacial score (nSPS) is 26.0. The molecule has 2 aliphatic rings. The lowest BCUT2D eigenvalue weighted by Gasteiger charge is -2.03. The van der Waals surface area contributed by atoms with E-state index >= 15 is 0 Å². The number of aromatic nitrogens is 3. The third-order valence-corrected chi connectivity index (χ3v) is 6.50. The predicted molar refractivity (Wildman–Crippen MR) is 90.4 cm³/mol. The summed E-state index contributed by atoms with van der Waals surface area (Å²) in [5.41, 5.74) is 0.941. The van der Waals surface area contributed by atoms with E-state index in [0.29, 0.717) is 5.92 Å². The summed E-state index contributed by atoms with van der Waals surface area (Å²) in [7, 11) is -3.78. The summed E-state index contributed by atoms with van der Waals surface area (Å²) in [4.78, 5) is 8.66. The largest absolute Gasteiger partial charge is 0.339 e. The lowest BCUT2D eigenvalue weighted by molar-refractivity contribution is 0.349. The molecule has 2 aliphatic carbocycles. The van der Waals surface area contributed by atoms with E-state index < -0.39 is 10.0 Å². The molecule has 2 aromatic heterocycles. The Balaban J connectivity index is 1.57. The standard InChI is InChI=1S/C17H22N4O3S/c1-17(2)13(11-7-8-12(19-9-11)25(18,22)23)14(17)15-20-16(24-21-15)10-5-3-4-6-10/h7-10,13-14H,3-6H2,1-2H3,(H2,18,22,23)/t13-,14+/m0/s1. The Kier molecular flexibility index (Phi) is 3.73. The van der Waals surface area contributed by atoms with E-state index in [1.165, 1.54) is 18.9 Å². The molecular formula is C17H22N4O3S. The Labute approximate surface area is 147 Å². The molecule has 0 unspecified atom stereocenters. The van der Waals surface area contributed by atoms with Gasteiger partial charge >= 0.3 is 0 Å². The zero-order valence-corrected chi connectivity index (χ0v) is 15.2. The molecule has 25 heavy (non-hydrogen) atoms. The summed E-state index contributed by atoms with van der Waals surface area (Å²) in [6.45, 7) is 4.31. The van der Waals surface area contributed by atoms with Gasteiger partial charge in [0.05, 0.1) is 0 Å². The van der Waals surface area contributed by atoms with Crippen LogP contribution < -0.4 is 5.14 Å². The zero-order chi connectivity index (χ0) is 17.8. The number of hydrogen-bond donors (Lipinski definition) is 1. The van der Waals surface area contributed by atoms with Crippen LogP contribution in [0.4, 0.5) is 0 Å². The number of nitrogens with two attached hydrogens (primary N) is 1. The van der Waals surface area contributed by atoms with Crippen molar-refractivity contribution in [2.75, 3.05) is 0 Å². The van der Waals surface area contributed by atoms with E-state index in [2.05, 4.69) is 29.0 Å². The Hall–Kier alpha value is -1.80. The van der Waals surface area contributed by atoms with Gasteiger partial charge in [0.1, 0.15) is 0 Å². The summed E-state index contributed by atoms with van der Waals surface area (Å²) in [6.07, 6.45) is 6.28. The van der Waals surface area contributed by atoms with Gasteiger partial charge in [-0.05, 0) is 29.9 Å². The van der Waals surface area contributed by atoms with Crippen LogP contribution >= 0.6 is 0 Å². The van der Waals surface area contributed by atoms with Gasteiger partial charge in [-0.2, -0.15) is 4.98 Å². The topological polar surface area (TPSA) is 112 Å². The number of rotatable bonds is 4. The molecule has 2 N–H and O–H groups in total. The van der Waals surface area contributed by atoms with Gasteiger partial charge in [-0.3, -0.25) is 0 Å². The van der Waals surface area contributed by atoms with E-state index in [4.69, 9.17) is 9.66 Å². The lowest BCUT2D eigenvalue weighted by Crippen LogP contribution is -2.13. The quantitative estimate of drug-likeness (QED) is 0.895. The SMILES string of the molecule is CC1(C)[C@@H](c2ccc(S(N)(=O)=O)nc2)[C@@H]1c1noc(C2CCCC2)n1. The molecule has 8 heteroatoms. The fourth-order valence-electron chi connectivity index (χ4n) is 4.20. The first-order chi connectivity index (χ1) is 11.8. The van der Waals surface area contributed by atoms with E-state index in [0.717, 1.165) is 30.1 Å². The fraction of sp³-hybridized carbons (Fsp3) is 0.588. The zero-order valence-electron chi connectivity index (χ0n) is 14.3. The molecule has 0 radical (unpaired) electrons. The van der Waals surface area contributed by atoms with Crippen LogP contribution in [-0.4, -0.2) is 23.5 Å². The minimum atomic E-state index is -3.78.